The summed E-state index contributed by atoms with van der Waals surface area (Å²) in [6.45, 7) is 0. The van der Waals surface area contributed by atoms with Crippen LogP contribution in [0.15, 0.2) is 22.9 Å². The molecule has 0 fully saturated rings. The molecule has 0 aromatic carbocycles. The van der Waals surface area contributed by atoms with Gasteiger partial charge in [0.2, 0.25) is 0 Å². The maximum Gasteiger partial charge on any atom is 0.453 e. The van der Waals surface area contributed by atoms with E-state index in [0.717, 1.165) is 10.7 Å². The Hall–Kier alpha value is -1.11. The molecule has 2 rings (SSSR count). The van der Waals surface area contributed by atoms with E-state index < -0.39 is 12.0 Å². The molecule has 14 heavy (non-hydrogen) atoms. The lowest BCUT2D eigenvalue weighted by molar-refractivity contribution is -0.145. The molecule has 3 nitrogen and oxygen atoms in total. The number of fused-ring (bicyclic) bond motifs is 1. The van der Waals surface area contributed by atoms with Crippen LogP contribution in [-0.4, -0.2) is 14.6 Å². The molecule has 2 aromatic rings. The molecular weight excluding hydrogens is 263 g/mol. The first-order valence-corrected chi connectivity index (χ1v) is 4.35. The van der Waals surface area contributed by atoms with Crippen molar-refractivity contribution in [1.82, 2.24) is 14.6 Å². The zero-order valence-electron chi connectivity index (χ0n) is 6.59. The van der Waals surface area contributed by atoms with Crippen molar-refractivity contribution in [2.45, 2.75) is 6.18 Å². The largest absolute Gasteiger partial charge is 0.453 e. The van der Waals surface area contributed by atoms with Crippen molar-refractivity contribution >= 4 is 21.4 Å². The van der Waals surface area contributed by atoms with Crippen LogP contribution < -0.4 is 0 Å². The van der Waals surface area contributed by atoms with Crippen LogP contribution in [0.25, 0.3) is 5.52 Å². The summed E-state index contributed by atoms with van der Waals surface area (Å²) in [5, 5.41) is 3.32. The topological polar surface area (TPSA) is 30.2 Å². The zero-order valence-corrected chi connectivity index (χ0v) is 8.17. The van der Waals surface area contributed by atoms with E-state index in [-0.39, 0.29) is 0 Å². The van der Waals surface area contributed by atoms with E-state index in [9.17, 15) is 13.2 Å². The molecule has 0 unspecified atom stereocenters. The second kappa shape index (κ2) is 2.94. The van der Waals surface area contributed by atoms with Crippen molar-refractivity contribution in [2.75, 3.05) is 0 Å². The van der Waals surface area contributed by atoms with E-state index in [1.54, 1.807) is 6.07 Å². The molecule has 0 amide bonds. The van der Waals surface area contributed by atoms with Crippen molar-refractivity contribution in [3.63, 3.8) is 0 Å². The predicted molar refractivity (Wildman–Crippen MR) is 45.7 cm³/mol. The summed E-state index contributed by atoms with van der Waals surface area (Å²) in [5.41, 5.74) is 0.498. The summed E-state index contributed by atoms with van der Waals surface area (Å²) < 4.78 is 38.3. The van der Waals surface area contributed by atoms with Crippen LogP contribution >= 0.6 is 15.9 Å². The maximum atomic E-state index is 12.2. The first-order chi connectivity index (χ1) is 6.48. The van der Waals surface area contributed by atoms with E-state index in [1.165, 1.54) is 6.20 Å². The van der Waals surface area contributed by atoms with Crippen molar-refractivity contribution in [3.05, 3.63) is 28.8 Å². The molecule has 74 valence electrons. The lowest BCUT2D eigenvalue weighted by atomic mass is 10.5. The van der Waals surface area contributed by atoms with Crippen molar-refractivity contribution in [3.8, 4) is 0 Å². The predicted octanol–water partition coefficient (Wildman–Crippen LogP) is 2.51. The van der Waals surface area contributed by atoms with Gasteiger partial charge in [-0.25, -0.2) is 9.50 Å². The number of alkyl halides is 3. The lowest BCUT2D eigenvalue weighted by Crippen LogP contribution is -2.12. The van der Waals surface area contributed by atoms with Crippen LogP contribution in [0.3, 0.4) is 0 Å². The quantitative estimate of drug-likeness (QED) is 0.733. The molecule has 0 saturated carbocycles. The number of aromatic nitrogens is 3. The summed E-state index contributed by atoms with van der Waals surface area (Å²) in [5.74, 6) is -1.15. The molecule has 2 aromatic heterocycles. The van der Waals surface area contributed by atoms with Gasteiger partial charge in [-0.3, -0.25) is 0 Å². The molecule has 0 atom stereocenters. The molecule has 0 aliphatic rings. The monoisotopic (exact) mass is 265 g/mol. The van der Waals surface area contributed by atoms with Crippen molar-refractivity contribution in [1.29, 1.82) is 0 Å². The van der Waals surface area contributed by atoms with Gasteiger partial charge >= 0.3 is 6.18 Å². The Balaban J connectivity index is 2.63. The molecular formula is C7H3BrF3N3. The minimum atomic E-state index is -4.51. The third kappa shape index (κ3) is 1.47. The Bertz CT molecular complexity index is 476. The van der Waals surface area contributed by atoms with Crippen LogP contribution in [0, 0.1) is 0 Å². The molecule has 0 saturated heterocycles. The Labute approximate surface area is 84.7 Å². The van der Waals surface area contributed by atoms with Gasteiger partial charge in [0.25, 0.3) is 5.82 Å². The van der Waals surface area contributed by atoms with E-state index in [0.29, 0.717) is 9.99 Å². The molecule has 7 heteroatoms. The van der Waals surface area contributed by atoms with E-state index in [2.05, 4.69) is 26.0 Å². The summed E-state index contributed by atoms with van der Waals surface area (Å²) in [6, 6.07) is 1.60. The third-order valence-corrected chi connectivity index (χ3v) is 2.29. The highest BCUT2D eigenvalue weighted by atomic mass is 79.9. The average molecular weight is 266 g/mol. The second-order valence-electron chi connectivity index (χ2n) is 2.57. The van der Waals surface area contributed by atoms with Gasteiger partial charge in [-0.1, -0.05) is 0 Å². The van der Waals surface area contributed by atoms with Crippen LogP contribution in [0.2, 0.25) is 0 Å². The molecule has 0 radical (unpaired) electrons. The third-order valence-electron chi connectivity index (χ3n) is 1.62. The molecule has 0 spiro atoms. The Kier molecular flexibility index (Phi) is 1.99. The highest BCUT2D eigenvalue weighted by Crippen LogP contribution is 2.26. The fraction of sp³-hybridized carbons (Fsp3) is 0.143. The summed E-state index contributed by atoms with van der Waals surface area (Å²) in [6.07, 6.45) is -1.96. The molecule has 0 aliphatic carbocycles. The molecule has 2 heterocycles. The Morgan fingerprint density at radius 3 is 2.71 bits per heavy atom. The van der Waals surface area contributed by atoms with Crippen LogP contribution in [0.4, 0.5) is 13.2 Å². The first-order valence-electron chi connectivity index (χ1n) is 3.55. The first kappa shape index (κ1) is 9.45. The minimum Gasteiger partial charge on any atom is -0.236 e. The van der Waals surface area contributed by atoms with Gasteiger partial charge in [-0.15, -0.1) is 5.10 Å². The van der Waals surface area contributed by atoms with Crippen molar-refractivity contribution in [2.24, 2.45) is 0 Å². The zero-order chi connectivity index (χ0) is 10.3. The van der Waals surface area contributed by atoms with E-state index in [1.807, 2.05) is 0 Å². The van der Waals surface area contributed by atoms with Gasteiger partial charge in [0.1, 0.15) is 0 Å². The minimum absolute atomic E-state index is 0.498. The van der Waals surface area contributed by atoms with E-state index in [4.69, 9.17) is 0 Å². The van der Waals surface area contributed by atoms with Crippen molar-refractivity contribution < 1.29 is 13.2 Å². The fourth-order valence-corrected chi connectivity index (χ4v) is 1.40. The Morgan fingerprint density at radius 1 is 1.36 bits per heavy atom. The maximum absolute atomic E-state index is 12.2. The van der Waals surface area contributed by atoms with Crippen LogP contribution in [0.1, 0.15) is 5.82 Å². The highest BCUT2D eigenvalue weighted by Gasteiger charge is 2.35. The smallest absolute Gasteiger partial charge is 0.236 e. The fourth-order valence-electron chi connectivity index (χ4n) is 0.999. The van der Waals surface area contributed by atoms with Crippen LogP contribution in [0.5, 0.6) is 0 Å². The van der Waals surface area contributed by atoms with E-state index >= 15 is 0 Å². The van der Waals surface area contributed by atoms with Gasteiger partial charge in [0.05, 0.1) is 11.7 Å². The molecule has 0 aliphatic heterocycles. The molecule has 0 bridgehead atoms. The number of hydrogen-bond acceptors (Lipinski definition) is 2. The summed E-state index contributed by atoms with van der Waals surface area (Å²) in [4.78, 5) is 3.22. The highest BCUT2D eigenvalue weighted by molar-refractivity contribution is 9.10. The number of nitrogens with zero attached hydrogens (tertiary/aromatic N) is 3. The van der Waals surface area contributed by atoms with Gasteiger partial charge in [-0.2, -0.15) is 13.2 Å². The number of halogens is 4. The normalized spacial score (nSPS) is 12.3. The summed E-state index contributed by atoms with van der Waals surface area (Å²) in [7, 11) is 0. The van der Waals surface area contributed by atoms with Gasteiger partial charge in [-0.05, 0) is 22.0 Å². The average Bonchev–Trinajstić information content (AvgIpc) is 2.46. The van der Waals surface area contributed by atoms with Gasteiger partial charge in [0.15, 0.2) is 0 Å². The second-order valence-corrected chi connectivity index (χ2v) is 3.43. The molecule has 0 N–H and O–H groups in total. The SMILES string of the molecule is FC(F)(F)c1ncc2c(Br)ccn2n1. The summed E-state index contributed by atoms with van der Waals surface area (Å²) >= 11 is 3.16. The van der Waals surface area contributed by atoms with Gasteiger partial charge in [0, 0.05) is 10.7 Å². The van der Waals surface area contributed by atoms with Gasteiger partial charge < -0.3 is 0 Å². The standard InChI is InChI=1S/C7H3BrF3N3/c8-4-1-2-14-5(4)3-12-6(13-14)7(9,10)11/h1-3H. The number of rotatable bonds is 0. The lowest BCUT2D eigenvalue weighted by Gasteiger charge is -2.03. The Morgan fingerprint density at radius 2 is 2.07 bits per heavy atom. The number of hydrogen-bond donors (Lipinski definition) is 0. The van der Waals surface area contributed by atoms with Crippen LogP contribution in [-0.2, 0) is 6.18 Å².